The summed E-state index contributed by atoms with van der Waals surface area (Å²) in [6.45, 7) is 3.43. The smallest absolute Gasteiger partial charge is 0.0546 e. The lowest BCUT2D eigenvalue weighted by Crippen LogP contribution is -2.31. The van der Waals surface area contributed by atoms with Crippen molar-refractivity contribution in [3.8, 4) is 0 Å². The Kier molecular flexibility index (Phi) is 4.66. The summed E-state index contributed by atoms with van der Waals surface area (Å²) in [4.78, 5) is 0. The molecule has 0 radical (unpaired) electrons. The van der Waals surface area contributed by atoms with Crippen LogP contribution in [0.4, 0.5) is 0 Å². The lowest BCUT2D eigenvalue weighted by molar-refractivity contribution is 0.0833. The summed E-state index contributed by atoms with van der Waals surface area (Å²) >= 11 is 0. The number of methoxy groups -OCH3 is 1. The predicted octanol–water partition coefficient (Wildman–Crippen LogP) is 2.97. The van der Waals surface area contributed by atoms with Crippen LogP contribution in [-0.4, -0.2) is 25.8 Å². The summed E-state index contributed by atoms with van der Waals surface area (Å²) in [6.07, 6.45) is 10.3. The Morgan fingerprint density at radius 2 is 1.88 bits per heavy atom. The van der Waals surface area contributed by atoms with Gasteiger partial charge in [0.25, 0.3) is 0 Å². The molecule has 0 spiro atoms. The van der Waals surface area contributed by atoms with E-state index < -0.39 is 0 Å². The molecule has 0 bridgehead atoms. The van der Waals surface area contributed by atoms with E-state index in [1.54, 1.807) is 0 Å². The molecule has 94 valence electrons. The zero-order valence-corrected chi connectivity index (χ0v) is 10.9. The number of nitrogens with one attached hydrogen (secondary N) is 1. The maximum Gasteiger partial charge on any atom is 0.0546 e. The van der Waals surface area contributed by atoms with Gasteiger partial charge in [0.05, 0.1) is 6.10 Å². The van der Waals surface area contributed by atoms with Gasteiger partial charge in [-0.3, -0.25) is 0 Å². The second-order valence-electron chi connectivity index (χ2n) is 5.77. The maximum absolute atomic E-state index is 5.43. The highest BCUT2D eigenvalue weighted by Crippen LogP contribution is 2.34. The van der Waals surface area contributed by atoms with Gasteiger partial charge in [-0.2, -0.15) is 0 Å². The molecule has 2 fully saturated rings. The molecule has 16 heavy (non-hydrogen) atoms. The average molecular weight is 225 g/mol. The summed E-state index contributed by atoms with van der Waals surface area (Å²) in [5.41, 5.74) is 0. The number of hydrogen-bond acceptors (Lipinski definition) is 2. The van der Waals surface area contributed by atoms with Crippen molar-refractivity contribution in [2.45, 2.75) is 64.0 Å². The largest absolute Gasteiger partial charge is 0.382 e. The Morgan fingerprint density at radius 1 is 1.19 bits per heavy atom. The van der Waals surface area contributed by atoms with Crippen LogP contribution >= 0.6 is 0 Å². The van der Waals surface area contributed by atoms with Crippen LogP contribution < -0.4 is 5.32 Å². The van der Waals surface area contributed by atoms with Crippen LogP contribution in [0.15, 0.2) is 0 Å². The molecular formula is C14H27NO. The Labute approximate surface area is 100 Å². The molecule has 2 rings (SSSR count). The van der Waals surface area contributed by atoms with Gasteiger partial charge in [-0.25, -0.2) is 0 Å². The summed E-state index contributed by atoms with van der Waals surface area (Å²) < 4.78 is 5.43. The monoisotopic (exact) mass is 225 g/mol. The third-order valence-corrected chi connectivity index (χ3v) is 4.35. The van der Waals surface area contributed by atoms with Gasteiger partial charge in [-0.15, -0.1) is 0 Å². The predicted molar refractivity (Wildman–Crippen MR) is 67.6 cm³/mol. The van der Waals surface area contributed by atoms with E-state index in [2.05, 4.69) is 12.2 Å². The second-order valence-corrected chi connectivity index (χ2v) is 5.77. The van der Waals surface area contributed by atoms with Gasteiger partial charge in [-0.1, -0.05) is 25.7 Å². The maximum atomic E-state index is 5.43. The van der Waals surface area contributed by atoms with E-state index >= 15 is 0 Å². The zero-order chi connectivity index (χ0) is 11.4. The van der Waals surface area contributed by atoms with Crippen molar-refractivity contribution in [1.82, 2.24) is 5.32 Å². The van der Waals surface area contributed by atoms with E-state index in [-0.39, 0.29) is 0 Å². The third kappa shape index (κ3) is 3.74. The lowest BCUT2D eigenvalue weighted by Gasteiger charge is -2.26. The standard InChI is InChI=1S/C14H27NO/c1-11(16-2)9-13(10-15-14-7-8-14)12-5-3-4-6-12/h11-15H,3-10H2,1-2H3. The van der Waals surface area contributed by atoms with E-state index in [0.717, 1.165) is 17.9 Å². The first kappa shape index (κ1) is 12.4. The Hall–Kier alpha value is -0.0800. The average Bonchev–Trinajstić information content (AvgIpc) is 2.96. The Morgan fingerprint density at radius 3 is 2.44 bits per heavy atom. The molecular weight excluding hydrogens is 198 g/mol. The number of hydrogen-bond donors (Lipinski definition) is 1. The van der Waals surface area contributed by atoms with Crippen molar-refractivity contribution in [2.24, 2.45) is 11.8 Å². The fourth-order valence-electron chi connectivity index (χ4n) is 3.00. The minimum absolute atomic E-state index is 0.423. The van der Waals surface area contributed by atoms with Crippen molar-refractivity contribution >= 4 is 0 Å². The van der Waals surface area contributed by atoms with Crippen LogP contribution in [0, 0.1) is 11.8 Å². The fourth-order valence-corrected chi connectivity index (χ4v) is 3.00. The summed E-state index contributed by atoms with van der Waals surface area (Å²) in [5.74, 6) is 1.81. The summed E-state index contributed by atoms with van der Waals surface area (Å²) in [7, 11) is 1.84. The van der Waals surface area contributed by atoms with Crippen LogP contribution in [0.2, 0.25) is 0 Å². The van der Waals surface area contributed by atoms with Crippen molar-refractivity contribution < 1.29 is 4.74 Å². The molecule has 2 aliphatic rings. The van der Waals surface area contributed by atoms with Crippen molar-refractivity contribution in [3.63, 3.8) is 0 Å². The van der Waals surface area contributed by atoms with E-state index in [1.807, 2.05) is 7.11 Å². The molecule has 0 aromatic heterocycles. The SMILES string of the molecule is COC(C)CC(CNC1CC1)C1CCCC1. The molecule has 0 heterocycles. The van der Waals surface area contributed by atoms with Crippen LogP contribution in [0.3, 0.4) is 0 Å². The highest BCUT2D eigenvalue weighted by Gasteiger charge is 2.28. The normalized spacial score (nSPS) is 25.9. The minimum atomic E-state index is 0.423. The van der Waals surface area contributed by atoms with Gasteiger partial charge < -0.3 is 10.1 Å². The van der Waals surface area contributed by atoms with Gasteiger partial charge in [0.15, 0.2) is 0 Å². The molecule has 0 amide bonds. The molecule has 2 saturated carbocycles. The van der Waals surface area contributed by atoms with E-state index in [0.29, 0.717) is 6.10 Å². The topological polar surface area (TPSA) is 21.3 Å². The van der Waals surface area contributed by atoms with Gasteiger partial charge in [0, 0.05) is 13.2 Å². The van der Waals surface area contributed by atoms with Crippen molar-refractivity contribution in [1.29, 1.82) is 0 Å². The second kappa shape index (κ2) is 6.02. The van der Waals surface area contributed by atoms with E-state index in [4.69, 9.17) is 4.74 Å². The van der Waals surface area contributed by atoms with Gasteiger partial charge >= 0.3 is 0 Å². The van der Waals surface area contributed by atoms with Crippen LogP contribution in [-0.2, 0) is 4.74 Å². The molecule has 0 aromatic carbocycles. The molecule has 2 unspecified atom stereocenters. The van der Waals surface area contributed by atoms with Gasteiger partial charge in [0.2, 0.25) is 0 Å². The Bertz CT molecular complexity index is 197. The molecule has 0 aromatic rings. The quantitative estimate of drug-likeness (QED) is 0.719. The summed E-state index contributed by atoms with van der Waals surface area (Å²) in [6, 6.07) is 0.849. The number of rotatable bonds is 7. The van der Waals surface area contributed by atoms with E-state index in [9.17, 15) is 0 Å². The number of ether oxygens (including phenoxy) is 1. The first-order valence-electron chi connectivity index (χ1n) is 7.05. The van der Waals surface area contributed by atoms with Crippen LogP contribution in [0.5, 0.6) is 0 Å². The highest BCUT2D eigenvalue weighted by atomic mass is 16.5. The first-order valence-corrected chi connectivity index (χ1v) is 7.05. The lowest BCUT2D eigenvalue weighted by atomic mass is 9.86. The highest BCUT2D eigenvalue weighted by molar-refractivity contribution is 4.85. The van der Waals surface area contributed by atoms with E-state index in [1.165, 1.54) is 51.5 Å². The fraction of sp³-hybridized carbons (Fsp3) is 1.00. The van der Waals surface area contributed by atoms with Gasteiger partial charge in [-0.05, 0) is 44.6 Å². The van der Waals surface area contributed by atoms with Crippen LogP contribution in [0.1, 0.15) is 51.9 Å². The first-order chi connectivity index (χ1) is 7.79. The third-order valence-electron chi connectivity index (χ3n) is 4.35. The molecule has 2 atom stereocenters. The molecule has 0 saturated heterocycles. The molecule has 2 aliphatic carbocycles. The zero-order valence-electron chi connectivity index (χ0n) is 10.9. The summed E-state index contributed by atoms with van der Waals surface area (Å²) in [5, 5.41) is 3.71. The van der Waals surface area contributed by atoms with Crippen molar-refractivity contribution in [2.75, 3.05) is 13.7 Å². The molecule has 2 heteroatoms. The minimum Gasteiger partial charge on any atom is -0.382 e. The van der Waals surface area contributed by atoms with Crippen molar-refractivity contribution in [3.05, 3.63) is 0 Å². The van der Waals surface area contributed by atoms with Crippen LogP contribution in [0.25, 0.3) is 0 Å². The van der Waals surface area contributed by atoms with Gasteiger partial charge in [0.1, 0.15) is 0 Å². The molecule has 0 aliphatic heterocycles. The molecule has 2 nitrogen and oxygen atoms in total. The molecule has 1 N–H and O–H groups in total. The Balaban J connectivity index is 1.77.